The molecule has 0 aliphatic rings. The minimum atomic E-state index is -1.10. The highest BCUT2D eigenvalue weighted by Gasteiger charge is 2.12. The number of benzene rings is 1. The summed E-state index contributed by atoms with van der Waals surface area (Å²) < 4.78 is 0. The van der Waals surface area contributed by atoms with E-state index in [4.69, 9.17) is 31.0 Å². The maximum Gasteiger partial charge on any atom is 0.320 e. The molecule has 0 aromatic heterocycles. The Labute approximate surface area is 103 Å². The van der Waals surface area contributed by atoms with Gasteiger partial charge in [0, 0.05) is 6.92 Å². The Balaban J connectivity index is 0.000000631. The number of phenols is 2. The highest BCUT2D eigenvalue weighted by molar-refractivity contribution is 5.73. The van der Waals surface area contributed by atoms with Gasteiger partial charge in [-0.1, -0.05) is 6.07 Å². The first-order valence-electron chi connectivity index (χ1n) is 4.92. The van der Waals surface area contributed by atoms with Crippen LogP contribution in [-0.2, 0) is 16.0 Å². The van der Waals surface area contributed by atoms with E-state index >= 15 is 0 Å². The molecule has 7 nitrogen and oxygen atoms in total. The first-order valence-corrected chi connectivity index (χ1v) is 4.92. The van der Waals surface area contributed by atoms with Crippen molar-refractivity contribution in [2.24, 2.45) is 5.73 Å². The van der Waals surface area contributed by atoms with Crippen LogP contribution in [0.25, 0.3) is 0 Å². The SMILES string of the molecule is CC(=O)O.N[C@@H](Cc1ccc(O)c(O)c1)C(=O)O. The van der Waals surface area contributed by atoms with Crippen molar-refractivity contribution in [1.82, 2.24) is 0 Å². The first-order chi connectivity index (χ1) is 8.23. The van der Waals surface area contributed by atoms with Gasteiger partial charge in [-0.3, -0.25) is 9.59 Å². The Kier molecular flexibility index (Phi) is 6.22. The molecule has 0 radical (unpaired) electrons. The molecule has 0 saturated heterocycles. The number of hydrogen-bond acceptors (Lipinski definition) is 5. The van der Waals surface area contributed by atoms with Crippen LogP contribution in [-0.4, -0.2) is 38.4 Å². The van der Waals surface area contributed by atoms with E-state index in [0.29, 0.717) is 5.56 Å². The highest BCUT2D eigenvalue weighted by Crippen LogP contribution is 2.25. The largest absolute Gasteiger partial charge is 0.504 e. The molecule has 18 heavy (non-hydrogen) atoms. The van der Waals surface area contributed by atoms with Crippen molar-refractivity contribution in [3.63, 3.8) is 0 Å². The summed E-state index contributed by atoms with van der Waals surface area (Å²) in [5.74, 6) is -2.45. The second-order valence-electron chi connectivity index (χ2n) is 3.49. The Morgan fingerprint density at radius 1 is 1.22 bits per heavy atom. The summed E-state index contributed by atoms with van der Waals surface area (Å²) >= 11 is 0. The Bertz CT molecular complexity index is 428. The molecule has 1 rings (SSSR count). The summed E-state index contributed by atoms with van der Waals surface area (Å²) in [7, 11) is 0. The lowest BCUT2D eigenvalue weighted by molar-refractivity contribution is -0.138. The Morgan fingerprint density at radius 3 is 2.11 bits per heavy atom. The van der Waals surface area contributed by atoms with E-state index in [2.05, 4.69) is 0 Å². The molecule has 0 unspecified atom stereocenters. The van der Waals surface area contributed by atoms with Gasteiger partial charge in [0.25, 0.3) is 5.97 Å². The third-order valence-electron chi connectivity index (χ3n) is 1.81. The van der Waals surface area contributed by atoms with Crippen LogP contribution >= 0.6 is 0 Å². The van der Waals surface area contributed by atoms with Crippen LogP contribution in [0.5, 0.6) is 11.5 Å². The van der Waals surface area contributed by atoms with Crippen LogP contribution in [0.15, 0.2) is 18.2 Å². The Hall–Kier alpha value is -2.28. The van der Waals surface area contributed by atoms with E-state index in [1.165, 1.54) is 18.2 Å². The highest BCUT2D eigenvalue weighted by atomic mass is 16.4. The molecule has 1 aromatic carbocycles. The maximum atomic E-state index is 10.4. The fraction of sp³-hybridized carbons (Fsp3) is 0.273. The molecular formula is C11H15NO6. The summed E-state index contributed by atoms with van der Waals surface area (Å²) in [4.78, 5) is 19.4. The topological polar surface area (TPSA) is 141 Å². The number of hydrogen-bond donors (Lipinski definition) is 5. The van der Waals surface area contributed by atoms with E-state index < -0.39 is 18.0 Å². The van der Waals surface area contributed by atoms with E-state index in [1.807, 2.05) is 0 Å². The standard InChI is InChI=1S/C9H11NO4.C2H4O2/c10-6(9(13)14)3-5-1-2-7(11)8(12)4-5;1-2(3)4/h1-2,4,6,11-12H,3,10H2,(H,13,14);1H3,(H,3,4)/t6-;/m0./s1. The predicted octanol–water partition coefficient (Wildman–Crippen LogP) is 0.143. The van der Waals surface area contributed by atoms with Crippen molar-refractivity contribution in [3.05, 3.63) is 23.8 Å². The van der Waals surface area contributed by atoms with Crippen molar-refractivity contribution in [1.29, 1.82) is 0 Å². The van der Waals surface area contributed by atoms with Crippen LogP contribution in [0.4, 0.5) is 0 Å². The molecule has 0 saturated carbocycles. The summed E-state index contributed by atoms with van der Waals surface area (Å²) in [6, 6.07) is 3.09. The summed E-state index contributed by atoms with van der Waals surface area (Å²) in [6.45, 7) is 1.08. The van der Waals surface area contributed by atoms with Gasteiger partial charge < -0.3 is 26.2 Å². The van der Waals surface area contributed by atoms with Crippen LogP contribution in [0.2, 0.25) is 0 Å². The third-order valence-corrected chi connectivity index (χ3v) is 1.81. The lowest BCUT2D eigenvalue weighted by atomic mass is 10.1. The quantitative estimate of drug-likeness (QED) is 0.485. The molecule has 0 aliphatic carbocycles. The number of nitrogens with two attached hydrogens (primary N) is 1. The fourth-order valence-corrected chi connectivity index (χ4v) is 1.04. The van der Waals surface area contributed by atoms with Crippen molar-refractivity contribution in [3.8, 4) is 11.5 Å². The van der Waals surface area contributed by atoms with Gasteiger partial charge in [0.15, 0.2) is 11.5 Å². The number of rotatable bonds is 3. The van der Waals surface area contributed by atoms with Crippen LogP contribution < -0.4 is 5.73 Å². The van der Waals surface area contributed by atoms with Crippen molar-refractivity contribution < 1.29 is 30.0 Å². The van der Waals surface area contributed by atoms with Gasteiger partial charge in [0.2, 0.25) is 0 Å². The molecule has 7 heteroatoms. The number of aromatic hydroxyl groups is 2. The van der Waals surface area contributed by atoms with E-state index in [9.17, 15) is 4.79 Å². The van der Waals surface area contributed by atoms with E-state index in [-0.39, 0.29) is 17.9 Å². The monoisotopic (exact) mass is 257 g/mol. The zero-order valence-corrected chi connectivity index (χ0v) is 9.70. The molecule has 1 aromatic rings. The Morgan fingerprint density at radius 2 is 1.72 bits per heavy atom. The molecule has 100 valence electrons. The summed E-state index contributed by atoms with van der Waals surface area (Å²) in [6.07, 6.45) is 0.114. The number of carbonyl (C=O) groups is 2. The normalized spacial score (nSPS) is 11.0. The molecule has 0 bridgehead atoms. The molecule has 6 N–H and O–H groups in total. The smallest absolute Gasteiger partial charge is 0.320 e. The zero-order chi connectivity index (χ0) is 14.3. The molecule has 1 atom stereocenters. The number of carboxylic acids is 2. The van der Waals surface area contributed by atoms with Crippen molar-refractivity contribution >= 4 is 11.9 Å². The molecule has 0 aliphatic heterocycles. The van der Waals surface area contributed by atoms with Crippen molar-refractivity contribution in [2.75, 3.05) is 0 Å². The number of carboxylic acid groups (broad SMARTS) is 2. The van der Waals surface area contributed by atoms with Gasteiger partial charge in [-0.25, -0.2) is 0 Å². The van der Waals surface area contributed by atoms with E-state index in [1.54, 1.807) is 0 Å². The molecule has 0 amide bonds. The number of phenolic OH excluding ortho intramolecular Hbond substituents is 2. The van der Waals surface area contributed by atoms with E-state index in [0.717, 1.165) is 6.92 Å². The lowest BCUT2D eigenvalue weighted by Gasteiger charge is -2.06. The van der Waals surface area contributed by atoms with Crippen LogP contribution in [0.1, 0.15) is 12.5 Å². The van der Waals surface area contributed by atoms with Gasteiger partial charge in [0.1, 0.15) is 6.04 Å². The van der Waals surface area contributed by atoms with Gasteiger partial charge in [-0.2, -0.15) is 0 Å². The zero-order valence-electron chi connectivity index (χ0n) is 9.70. The maximum absolute atomic E-state index is 10.4. The van der Waals surface area contributed by atoms with Gasteiger partial charge in [0.05, 0.1) is 0 Å². The first kappa shape index (κ1) is 15.7. The van der Waals surface area contributed by atoms with Gasteiger partial charge in [-0.15, -0.1) is 0 Å². The van der Waals surface area contributed by atoms with Crippen molar-refractivity contribution in [2.45, 2.75) is 19.4 Å². The van der Waals surface area contributed by atoms with Gasteiger partial charge >= 0.3 is 5.97 Å². The second-order valence-corrected chi connectivity index (χ2v) is 3.49. The predicted molar refractivity (Wildman–Crippen MR) is 62.4 cm³/mol. The molecule has 0 fully saturated rings. The third kappa shape index (κ3) is 6.33. The summed E-state index contributed by atoms with van der Waals surface area (Å²) in [5, 5.41) is 34.0. The number of aliphatic carboxylic acids is 2. The van der Waals surface area contributed by atoms with Gasteiger partial charge in [-0.05, 0) is 24.1 Å². The lowest BCUT2D eigenvalue weighted by Crippen LogP contribution is -2.32. The minimum absolute atomic E-state index is 0.114. The average Bonchev–Trinajstić information content (AvgIpc) is 2.22. The van der Waals surface area contributed by atoms with Crippen LogP contribution in [0.3, 0.4) is 0 Å². The molecule has 0 heterocycles. The summed E-state index contributed by atoms with van der Waals surface area (Å²) in [5.41, 5.74) is 5.86. The fourth-order valence-electron chi connectivity index (χ4n) is 1.04. The van der Waals surface area contributed by atoms with Crippen LogP contribution in [0, 0.1) is 0 Å². The average molecular weight is 257 g/mol. The minimum Gasteiger partial charge on any atom is -0.504 e. The molecular weight excluding hydrogens is 242 g/mol. The second kappa shape index (κ2) is 7.13. The molecule has 0 spiro atoms.